The summed E-state index contributed by atoms with van der Waals surface area (Å²) in [7, 11) is 0. The van der Waals surface area contributed by atoms with Crippen LogP contribution in [-0.4, -0.2) is 38.7 Å². The number of carbonyl (C=O) groups is 4. The smallest absolute Gasteiger partial charge is 0.414 e. The van der Waals surface area contributed by atoms with E-state index in [4.69, 9.17) is 24.5 Å². The van der Waals surface area contributed by atoms with Gasteiger partial charge in [0.1, 0.15) is 35.4 Å². The first-order chi connectivity index (χ1) is 20.1. The first-order valence-electron chi connectivity index (χ1n) is 12.1. The van der Waals surface area contributed by atoms with Crippen molar-refractivity contribution in [3.05, 3.63) is 131 Å². The molecule has 1 aliphatic rings. The van der Waals surface area contributed by atoms with Crippen LogP contribution in [0.5, 0.6) is 5.75 Å². The van der Waals surface area contributed by atoms with E-state index < -0.39 is 35.1 Å². The number of carbonyl (C=O) groups excluding carboxylic acids is 2. The number of rotatable bonds is 7. The van der Waals surface area contributed by atoms with Gasteiger partial charge >= 0.3 is 11.9 Å². The highest BCUT2D eigenvalue weighted by Gasteiger charge is 2.30. The molecule has 3 aromatic carbocycles. The van der Waals surface area contributed by atoms with Gasteiger partial charge in [-0.3, -0.25) is 14.6 Å². The molecule has 0 saturated carbocycles. The van der Waals surface area contributed by atoms with Crippen LogP contribution in [0.25, 0.3) is 0 Å². The average molecular weight is 574 g/mol. The van der Waals surface area contributed by atoms with Crippen LogP contribution in [0.2, 0.25) is 0 Å². The number of hydrogen-bond acceptors (Lipinski definition) is 8. The van der Waals surface area contributed by atoms with Gasteiger partial charge in [-0.25, -0.2) is 18.4 Å². The molecule has 12 heteroatoms. The van der Waals surface area contributed by atoms with Crippen molar-refractivity contribution in [3.63, 3.8) is 0 Å². The summed E-state index contributed by atoms with van der Waals surface area (Å²) in [5.41, 5.74) is 1.78. The molecule has 0 spiro atoms. The molecule has 0 fully saturated rings. The molecule has 0 unspecified atom stereocenters. The standard InChI is InChI=1S/C28H19F2N3O3.C2H2O4/c29-20-11-19(12-21(30)13-20)27(35)25(26(34)18-6-2-1-3-7-18)28-32-23-9-8-22(14-24(23)33-28)36-16-17-5-4-10-31-15-17;3-1(4)2(5)6/h1-15,32-33H,16H2;(H,3,4)(H,5,6). The zero-order valence-corrected chi connectivity index (χ0v) is 21.5. The lowest BCUT2D eigenvalue weighted by atomic mass is 9.95. The number of ether oxygens (including phenoxy) is 1. The van der Waals surface area contributed by atoms with Crippen molar-refractivity contribution >= 4 is 34.9 Å². The third kappa shape index (κ3) is 7.18. The summed E-state index contributed by atoms with van der Waals surface area (Å²) in [4.78, 5) is 49.1. The normalized spacial score (nSPS) is 12.4. The van der Waals surface area contributed by atoms with Crippen molar-refractivity contribution < 1.29 is 42.9 Å². The summed E-state index contributed by atoms with van der Waals surface area (Å²) in [6.45, 7) is 0.310. The molecule has 5 rings (SSSR count). The Morgan fingerprint density at radius 3 is 2.00 bits per heavy atom. The Balaban J connectivity index is 0.000000612. The van der Waals surface area contributed by atoms with E-state index in [1.807, 2.05) is 12.1 Å². The highest BCUT2D eigenvalue weighted by molar-refractivity contribution is 6.32. The van der Waals surface area contributed by atoms with E-state index in [0.717, 1.165) is 17.7 Å². The van der Waals surface area contributed by atoms with E-state index >= 15 is 0 Å². The monoisotopic (exact) mass is 573 g/mol. The second-order valence-corrected chi connectivity index (χ2v) is 8.65. The number of nitrogens with one attached hydrogen (secondary N) is 2. The average Bonchev–Trinajstić information content (AvgIpc) is 3.39. The highest BCUT2D eigenvalue weighted by Crippen LogP contribution is 2.36. The quantitative estimate of drug-likeness (QED) is 0.0788. The summed E-state index contributed by atoms with van der Waals surface area (Å²) in [5, 5.41) is 20.9. The van der Waals surface area contributed by atoms with Crippen molar-refractivity contribution in [3.8, 4) is 5.75 Å². The largest absolute Gasteiger partial charge is 0.489 e. The number of pyridine rings is 1. The van der Waals surface area contributed by atoms with Crippen molar-refractivity contribution in [1.29, 1.82) is 0 Å². The van der Waals surface area contributed by atoms with Crippen molar-refractivity contribution in [2.24, 2.45) is 0 Å². The summed E-state index contributed by atoms with van der Waals surface area (Å²) in [6.07, 6.45) is 3.38. The van der Waals surface area contributed by atoms with Gasteiger partial charge in [0.25, 0.3) is 0 Å². The number of halogens is 2. The molecule has 4 N–H and O–H groups in total. The van der Waals surface area contributed by atoms with Crippen molar-refractivity contribution in [1.82, 2.24) is 4.98 Å². The molecule has 0 atom stereocenters. The predicted octanol–water partition coefficient (Wildman–Crippen LogP) is 4.91. The first kappa shape index (κ1) is 29.1. The second kappa shape index (κ2) is 13.0. The molecule has 0 amide bonds. The van der Waals surface area contributed by atoms with Crippen LogP contribution in [0.3, 0.4) is 0 Å². The van der Waals surface area contributed by atoms with Crippen LogP contribution in [0.4, 0.5) is 20.2 Å². The zero-order valence-electron chi connectivity index (χ0n) is 21.5. The second-order valence-electron chi connectivity index (χ2n) is 8.65. The van der Waals surface area contributed by atoms with E-state index in [0.29, 0.717) is 29.8 Å². The van der Waals surface area contributed by atoms with Gasteiger partial charge in [-0.15, -0.1) is 0 Å². The Hall–Kier alpha value is -5.91. The molecule has 212 valence electrons. The van der Waals surface area contributed by atoms with Gasteiger partial charge < -0.3 is 25.6 Å². The van der Waals surface area contributed by atoms with Crippen LogP contribution >= 0.6 is 0 Å². The number of fused-ring (bicyclic) bond motifs is 1. The fraction of sp³-hybridized carbons (Fsp3) is 0.0333. The highest BCUT2D eigenvalue weighted by atomic mass is 19.1. The lowest BCUT2D eigenvalue weighted by molar-refractivity contribution is -0.159. The number of carboxylic acids is 2. The van der Waals surface area contributed by atoms with Gasteiger partial charge in [0.05, 0.1) is 11.4 Å². The molecule has 0 saturated heterocycles. The Morgan fingerprint density at radius 2 is 1.38 bits per heavy atom. The molecule has 4 aromatic rings. The first-order valence-corrected chi connectivity index (χ1v) is 12.1. The fourth-order valence-corrected chi connectivity index (χ4v) is 3.79. The molecule has 42 heavy (non-hydrogen) atoms. The van der Waals surface area contributed by atoms with Gasteiger partial charge in [0.15, 0.2) is 0 Å². The van der Waals surface area contributed by atoms with Crippen LogP contribution in [-0.2, 0) is 16.2 Å². The van der Waals surface area contributed by atoms with Gasteiger partial charge in [-0.05, 0) is 30.3 Å². The summed E-state index contributed by atoms with van der Waals surface area (Å²) >= 11 is 0. The van der Waals surface area contributed by atoms with Gasteiger partial charge in [0, 0.05) is 41.2 Å². The molecule has 2 heterocycles. The Labute approximate surface area is 236 Å². The van der Waals surface area contributed by atoms with Crippen LogP contribution in [0.15, 0.2) is 103 Å². The molecule has 1 aromatic heterocycles. The zero-order chi connectivity index (χ0) is 30.2. The van der Waals surface area contributed by atoms with E-state index in [2.05, 4.69) is 15.6 Å². The Morgan fingerprint density at radius 1 is 0.738 bits per heavy atom. The topological polar surface area (TPSA) is 155 Å². The van der Waals surface area contributed by atoms with Crippen LogP contribution in [0, 0.1) is 11.6 Å². The molecule has 0 radical (unpaired) electrons. The Kier molecular flexibility index (Phi) is 8.98. The number of benzene rings is 3. The number of ketones is 2. The number of nitrogens with zero attached hydrogens (tertiary/aromatic N) is 1. The minimum Gasteiger partial charge on any atom is -0.489 e. The third-order valence-corrected chi connectivity index (χ3v) is 5.69. The van der Waals surface area contributed by atoms with Crippen molar-refractivity contribution in [2.75, 3.05) is 10.6 Å². The number of anilines is 2. The lowest BCUT2D eigenvalue weighted by Crippen LogP contribution is -2.21. The number of aliphatic carboxylic acids is 2. The van der Waals surface area contributed by atoms with Crippen LogP contribution in [0.1, 0.15) is 26.3 Å². The van der Waals surface area contributed by atoms with Crippen molar-refractivity contribution in [2.45, 2.75) is 6.61 Å². The maximum absolute atomic E-state index is 13.9. The number of Topliss-reactive ketones (excluding diaryl/α,β-unsaturated/α-hetero) is 2. The van der Waals surface area contributed by atoms with E-state index in [1.165, 1.54) is 0 Å². The van der Waals surface area contributed by atoms with E-state index in [9.17, 15) is 18.4 Å². The van der Waals surface area contributed by atoms with Crippen LogP contribution < -0.4 is 15.4 Å². The summed E-state index contributed by atoms with van der Waals surface area (Å²) in [6, 6.07) is 19.6. The number of allylic oxidation sites excluding steroid dienone is 1. The lowest BCUT2D eigenvalue weighted by Gasteiger charge is -2.11. The molecule has 10 nitrogen and oxygen atoms in total. The fourth-order valence-electron chi connectivity index (χ4n) is 3.79. The van der Waals surface area contributed by atoms with Gasteiger partial charge in [0.2, 0.25) is 11.6 Å². The summed E-state index contributed by atoms with van der Waals surface area (Å²) < 4.78 is 33.6. The predicted molar refractivity (Wildman–Crippen MR) is 146 cm³/mol. The van der Waals surface area contributed by atoms with E-state index in [1.54, 1.807) is 60.9 Å². The number of aromatic nitrogens is 1. The third-order valence-electron chi connectivity index (χ3n) is 5.69. The SMILES string of the molecule is O=C(C(C(=O)c1cc(F)cc(F)c1)=C1Nc2ccc(OCc3cccnc3)cc2N1)c1ccccc1.O=C(O)C(=O)O. The molecule has 0 bridgehead atoms. The maximum Gasteiger partial charge on any atom is 0.414 e. The molecule has 1 aliphatic heterocycles. The maximum atomic E-state index is 13.9. The van der Waals surface area contributed by atoms with E-state index in [-0.39, 0.29) is 22.5 Å². The molecular weight excluding hydrogens is 552 g/mol. The minimum atomic E-state index is -1.82. The molecular formula is C30H21F2N3O7. The number of hydrogen-bond donors (Lipinski definition) is 4. The van der Waals surface area contributed by atoms with Gasteiger partial charge in [-0.1, -0.05) is 36.4 Å². The van der Waals surface area contributed by atoms with Gasteiger partial charge in [-0.2, -0.15) is 0 Å². The molecule has 0 aliphatic carbocycles. The Bertz CT molecular complexity index is 1660. The minimum absolute atomic E-state index is 0.109. The summed E-state index contributed by atoms with van der Waals surface area (Å²) in [5.74, 6) is -6.23. The number of carboxylic acid groups (broad SMARTS) is 2.